The van der Waals surface area contributed by atoms with Gasteiger partial charge in [-0.2, -0.15) is 0 Å². The third-order valence-corrected chi connectivity index (χ3v) is 2.19. The second kappa shape index (κ2) is 5.90. The number of aliphatic imine (C=N–C) groups is 1. The Morgan fingerprint density at radius 2 is 2.25 bits per heavy atom. The minimum atomic E-state index is -0.510. The zero-order valence-corrected chi connectivity index (χ0v) is 9.38. The number of carbonyl (C=O) groups is 1. The molecule has 0 radical (unpaired) electrons. The average molecular weight is 221 g/mol. The van der Waals surface area contributed by atoms with Gasteiger partial charge in [0.05, 0.1) is 7.11 Å². The topological polar surface area (TPSA) is 58.9 Å². The third-order valence-electron chi connectivity index (χ3n) is 2.19. The first-order chi connectivity index (χ1) is 7.69. The normalized spacial score (nSPS) is 12.6. The lowest BCUT2D eigenvalue weighted by Crippen LogP contribution is -2.19. The molecule has 4 heteroatoms. The van der Waals surface area contributed by atoms with Crippen LogP contribution in [-0.2, 0) is 9.53 Å². The van der Waals surface area contributed by atoms with Gasteiger partial charge in [-0.1, -0.05) is 19.1 Å². The fourth-order valence-electron chi connectivity index (χ4n) is 1.24. The van der Waals surface area contributed by atoms with E-state index in [1.807, 2.05) is 6.92 Å². The fourth-order valence-corrected chi connectivity index (χ4v) is 1.24. The molecule has 1 atom stereocenters. The van der Waals surface area contributed by atoms with Crippen LogP contribution in [0.2, 0.25) is 0 Å². The van der Waals surface area contributed by atoms with Gasteiger partial charge >= 0.3 is 5.97 Å². The van der Waals surface area contributed by atoms with Gasteiger partial charge in [-0.15, -0.1) is 0 Å². The highest BCUT2D eigenvalue weighted by Crippen LogP contribution is 2.13. The molecule has 0 bridgehead atoms. The molecule has 1 aromatic carbocycles. The minimum absolute atomic E-state index is 0.144. The first kappa shape index (κ1) is 12.2. The molecular formula is C12H15NO3. The summed E-state index contributed by atoms with van der Waals surface area (Å²) in [5.41, 5.74) is 0.588. The summed E-state index contributed by atoms with van der Waals surface area (Å²) in [6.07, 6.45) is 2.05. The van der Waals surface area contributed by atoms with Crippen molar-refractivity contribution in [2.45, 2.75) is 19.4 Å². The maximum atomic E-state index is 11.3. The van der Waals surface area contributed by atoms with Gasteiger partial charge in [-0.25, -0.2) is 4.79 Å². The van der Waals surface area contributed by atoms with Gasteiger partial charge in [0.15, 0.2) is 0 Å². The van der Waals surface area contributed by atoms with Crippen LogP contribution in [0.5, 0.6) is 5.75 Å². The Hall–Kier alpha value is -1.84. The van der Waals surface area contributed by atoms with E-state index >= 15 is 0 Å². The second-order valence-corrected chi connectivity index (χ2v) is 3.28. The highest BCUT2D eigenvalue weighted by molar-refractivity contribution is 5.86. The van der Waals surface area contributed by atoms with Crippen LogP contribution in [0, 0.1) is 0 Å². The zero-order chi connectivity index (χ0) is 12.0. The lowest BCUT2D eigenvalue weighted by molar-refractivity contribution is -0.142. The van der Waals surface area contributed by atoms with Gasteiger partial charge in [0.1, 0.15) is 11.8 Å². The van der Waals surface area contributed by atoms with E-state index < -0.39 is 6.04 Å². The van der Waals surface area contributed by atoms with Gasteiger partial charge in [-0.3, -0.25) is 4.99 Å². The van der Waals surface area contributed by atoms with Crippen LogP contribution < -0.4 is 0 Å². The molecule has 0 amide bonds. The fraction of sp³-hybridized carbons (Fsp3) is 0.333. The van der Waals surface area contributed by atoms with E-state index in [1.165, 1.54) is 13.3 Å². The summed E-state index contributed by atoms with van der Waals surface area (Å²) in [4.78, 5) is 15.3. The largest absolute Gasteiger partial charge is 0.507 e. The number of aromatic hydroxyl groups is 1. The molecular weight excluding hydrogens is 206 g/mol. The molecule has 0 heterocycles. The van der Waals surface area contributed by atoms with E-state index in [1.54, 1.807) is 24.3 Å². The minimum Gasteiger partial charge on any atom is -0.507 e. The third kappa shape index (κ3) is 3.08. The molecule has 0 aliphatic heterocycles. The number of rotatable bonds is 4. The van der Waals surface area contributed by atoms with Crippen molar-refractivity contribution in [3.63, 3.8) is 0 Å². The Balaban J connectivity index is 2.79. The summed E-state index contributed by atoms with van der Waals surface area (Å²) in [5.74, 6) is -0.222. The predicted molar refractivity (Wildman–Crippen MR) is 61.8 cm³/mol. The molecule has 86 valence electrons. The maximum Gasteiger partial charge on any atom is 0.330 e. The van der Waals surface area contributed by atoms with E-state index in [-0.39, 0.29) is 11.7 Å². The van der Waals surface area contributed by atoms with Crippen molar-refractivity contribution in [1.82, 2.24) is 0 Å². The van der Waals surface area contributed by atoms with Crippen LogP contribution in [0.3, 0.4) is 0 Å². The molecule has 0 spiro atoms. The number of methoxy groups -OCH3 is 1. The smallest absolute Gasteiger partial charge is 0.330 e. The van der Waals surface area contributed by atoms with Crippen LogP contribution in [0.25, 0.3) is 0 Å². The highest BCUT2D eigenvalue weighted by atomic mass is 16.5. The number of para-hydroxylation sites is 1. The number of esters is 1. The second-order valence-electron chi connectivity index (χ2n) is 3.28. The first-order valence-corrected chi connectivity index (χ1v) is 5.08. The van der Waals surface area contributed by atoms with Crippen LogP contribution in [0.1, 0.15) is 18.9 Å². The summed E-state index contributed by atoms with van der Waals surface area (Å²) in [6.45, 7) is 1.85. The van der Waals surface area contributed by atoms with Crippen molar-refractivity contribution in [3.8, 4) is 5.75 Å². The summed E-state index contributed by atoms with van der Waals surface area (Å²) < 4.78 is 4.61. The molecule has 0 aliphatic rings. The van der Waals surface area contributed by atoms with Gasteiger partial charge in [0.2, 0.25) is 0 Å². The molecule has 16 heavy (non-hydrogen) atoms. The van der Waals surface area contributed by atoms with Crippen LogP contribution in [0.15, 0.2) is 29.3 Å². The number of hydrogen-bond donors (Lipinski definition) is 1. The van der Waals surface area contributed by atoms with E-state index in [0.29, 0.717) is 12.0 Å². The van der Waals surface area contributed by atoms with Crippen molar-refractivity contribution in [3.05, 3.63) is 29.8 Å². The summed E-state index contributed by atoms with van der Waals surface area (Å²) >= 11 is 0. The predicted octanol–water partition coefficient (Wildman–Crippen LogP) is 1.76. The maximum absolute atomic E-state index is 11.3. The zero-order valence-electron chi connectivity index (χ0n) is 9.38. The number of phenols is 1. The number of benzene rings is 1. The molecule has 0 aliphatic carbocycles. The molecule has 1 rings (SSSR count). The molecule has 1 N–H and O–H groups in total. The Labute approximate surface area is 94.6 Å². The average Bonchev–Trinajstić information content (AvgIpc) is 2.31. The Morgan fingerprint density at radius 1 is 1.56 bits per heavy atom. The Morgan fingerprint density at radius 3 is 2.81 bits per heavy atom. The number of nitrogens with zero attached hydrogens (tertiary/aromatic N) is 1. The quantitative estimate of drug-likeness (QED) is 0.622. The van der Waals surface area contributed by atoms with Gasteiger partial charge in [0, 0.05) is 11.8 Å². The number of ether oxygens (including phenoxy) is 1. The lowest BCUT2D eigenvalue weighted by Gasteiger charge is -2.06. The molecule has 1 unspecified atom stereocenters. The molecule has 0 saturated carbocycles. The summed E-state index contributed by atoms with van der Waals surface area (Å²) in [6, 6.07) is 6.30. The van der Waals surface area contributed by atoms with Gasteiger partial charge in [-0.05, 0) is 18.6 Å². The first-order valence-electron chi connectivity index (χ1n) is 5.08. The van der Waals surface area contributed by atoms with Crippen LogP contribution in [-0.4, -0.2) is 30.4 Å². The molecule has 0 fully saturated rings. The SMILES string of the molecule is CCC(N=Cc1ccccc1O)C(=O)OC. The van der Waals surface area contributed by atoms with Gasteiger partial charge in [0.25, 0.3) is 0 Å². The summed E-state index contributed by atoms with van der Waals surface area (Å²) in [7, 11) is 1.33. The molecule has 0 saturated heterocycles. The van der Waals surface area contributed by atoms with E-state index in [0.717, 1.165) is 0 Å². The van der Waals surface area contributed by atoms with Crippen molar-refractivity contribution in [1.29, 1.82) is 0 Å². The summed E-state index contributed by atoms with van der Waals surface area (Å²) in [5, 5.41) is 9.48. The van der Waals surface area contributed by atoms with E-state index in [2.05, 4.69) is 9.73 Å². The molecule has 4 nitrogen and oxygen atoms in total. The highest BCUT2D eigenvalue weighted by Gasteiger charge is 2.14. The molecule has 1 aromatic rings. The van der Waals surface area contributed by atoms with Crippen molar-refractivity contribution in [2.75, 3.05) is 7.11 Å². The van der Waals surface area contributed by atoms with Crippen molar-refractivity contribution < 1.29 is 14.6 Å². The van der Waals surface area contributed by atoms with Crippen LogP contribution in [0.4, 0.5) is 0 Å². The Kier molecular flexibility index (Phi) is 4.51. The number of hydrogen-bond acceptors (Lipinski definition) is 4. The van der Waals surface area contributed by atoms with Crippen molar-refractivity contribution >= 4 is 12.2 Å². The lowest BCUT2D eigenvalue weighted by atomic mass is 10.2. The van der Waals surface area contributed by atoms with E-state index in [4.69, 9.17) is 0 Å². The number of carbonyl (C=O) groups excluding carboxylic acids is 1. The number of phenolic OH excluding ortho intramolecular Hbond substituents is 1. The van der Waals surface area contributed by atoms with Gasteiger partial charge < -0.3 is 9.84 Å². The van der Waals surface area contributed by atoms with Crippen molar-refractivity contribution in [2.24, 2.45) is 4.99 Å². The standard InChI is InChI=1S/C12H15NO3/c1-3-10(12(15)16-2)13-8-9-6-4-5-7-11(9)14/h4-8,10,14H,3H2,1-2H3. The van der Waals surface area contributed by atoms with E-state index in [9.17, 15) is 9.90 Å². The van der Waals surface area contributed by atoms with Crippen LogP contribution >= 0.6 is 0 Å². The monoisotopic (exact) mass is 221 g/mol. The Bertz CT molecular complexity index is 388. The molecule has 0 aromatic heterocycles.